The SMILES string of the molecule is COc1cc(F)c(Br)cc1C(Br)Cc1cccc(Cl)c1. The molecule has 0 aliphatic heterocycles. The number of benzene rings is 2. The molecule has 0 saturated carbocycles. The number of ether oxygens (including phenoxy) is 1. The Morgan fingerprint density at radius 2 is 2.05 bits per heavy atom. The zero-order valence-corrected chi connectivity index (χ0v) is 14.6. The van der Waals surface area contributed by atoms with Crippen LogP contribution in [0, 0.1) is 5.82 Å². The molecule has 2 aromatic carbocycles. The largest absolute Gasteiger partial charge is 0.496 e. The zero-order valence-electron chi connectivity index (χ0n) is 10.7. The van der Waals surface area contributed by atoms with Crippen LogP contribution in [0.5, 0.6) is 5.75 Å². The molecule has 5 heteroatoms. The summed E-state index contributed by atoms with van der Waals surface area (Å²) in [7, 11) is 1.53. The molecule has 1 atom stereocenters. The summed E-state index contributed by atoms with van der Waals surface area (Å²) in [5, 5.41) is 0.703. The van der Waals surface area contributed by atoms with Crippen LogP contribution >= 0.6 is 43.5 Å². The fourth-order valence-corrected chi connectivity index (χ4v) is 3.25. The molecule has 2 aromatic rings. The highest BCUT2D eigenvalue weighted by atomic mass is 79.9. The Balaban J connectivity index is 2.29. The fourth-order valence-electron chi connectivity index (χ4n) is 1.95. The zero-order chi connectivity index (χ0) is 14.7. The summed E-state index contributed by atoms with van der Waals surface area (Å²) in [6, 6.07) is 10.8. The molecule has 0 heterocycles. The van der Waals surface area contributed by atoms with Crippen LogP contribution < -0.4 is 4.74 Å². The maximum atomic E-state index is 13.5. The van der Waals surface area contributed by atoms with Crippen molar-refractivity contribution in [2.75, 3.05) is 7.11 Å². The van der Waals surface area contributed by atoms with Crippen LogP contribution in [0.3, 0.4) is 0 Å². The molecule has 0 aliphatic rings. The Morgan fingerprint density at radius 1 is 1.30 bits per heavy atom. The Labute approximate surface area is 139 Å². The molecule has 20 heavy (non-hydrogen) atoms. The first kappa shape index (κ1) is 15.8. The van der Waals surface area contributed by atoms with E-state index in [-0.39, 0.29) is 10.6 Å². The van der Waals surface area contributed by atoms with E-state index in [4.69, 9.17) is 16.3 Å². The van der Waals surface area contributed by atoms with Gasteiger partial charge in [0.05, 0.1) is 11.6 Å². The van der Waals surface area contributed by atoms with Crippen molar-refractivity contribution in [2.45, 2.75) is 11.2 Å². The standard InChI is InChI=1S/C15H12Br2ClFO/c1-20-15-8-14(19)13(17)7-11(15)12(16)6-9-3-2-4-10(18)5-9/h2-5,7-8,12H,6H2,1H3. The van der Waals surface area contributed by atoms with E-state index < -0.39 is 0 Å². The normalized spacial score (nSPS) is 12.2. The van der Waals surface area contributed by atoms with Crippen LogP contribution in [-0.2, 0) is 6.42 Å². The predicted octanol–water partition coefficient (Wildman–Crippen LogP) is 5.93. The summed E-state index contributed by atoms with van der Waals surface area (Å²) in [5.41, 5.74) is 1.99. The van der Waals surface area contributed by atoms with Crippen LogP contribution in [0.2, 0.25) is 5.02 Å². The van der Waals surface area contributed by atoms with Crippen molar-refractivity contribution in [1.29, 1.82) is 0 Å². The van der Waals surface area contributed by atoms with Crippen LogP contribution in [0.4, 0.5) is 4.39 Å². The summed E-state index contributed by atoms with van der Waals surface area (Å²) < 4.78 is 19.2. The summed E-state index contributed by atoms with van der Waals surface area (Å²) in [5.74, 6) is 0.183. The van der Waals surface area contributed by atoms with Crippen LogP contribution in [0.1, 0.15) is 16.0 Å². The highest BCUT2D eigenvalue weighted by Crippen LogP contribution is 2.37. The molecule has 2 rings (SSSR count). The molecule has 0 aliphatic carbocycles. The van der Waals surface area contributed by atoms with Crippen LogP contribution in [0.15, 0.2) is 40.9 Å². The van der Waals surface area contributed by atoms with Crippen molar-refractivity contribution >= 4 is 43.5 Å². The highest BCUT2D eigenvalue weighted by Gasteiger charge is 2.17. The quantitative estimate of drug-likeness (QED) is 0.555. The third-order valence-corrected chi connectivity index (χ3v) is 4.57. The van der Waals surface area contributed by atoms with E-state index in [1.807, 2.05) is 24.3 Å². The van der Waals surface area contributed by atoms with E-state index in [1.165, 1.54) is 13.2 Å². The van der Waals surface area contributed by atoms with Gasteiger partial charge in [0.25, 0.3) is 0 Å². The first-order valence-electron chi connectivity index (χ1n) is 5.92. The van der Waals surface area contributed by atoms with E-state index in [0.717, 1.165) is 17.5 Å². The number of rotatable bonds is 4. The highest BCUT2D eigenvalue weighted by molar-refractivity contribution is 9.10. The van der Waals surface area contributed by atoms with Crippen LogP contribution in [-0.4, -0.2) is 7.11 Å². The van der Waals surface area contributed by atoms with Gasteiger partial charge in [0.2, 0.25) is 0 Å². The van der Waals surface area contributed by atoms with Crippen LogP contribution in [0.25, 0.3) is 0 Å². The Bertz CT molecular complexity index is 619. The fraction of sp³-hybridized carbons (Fsp3) is 0.200. The maximum absolute atomic E-state index is 13.5. The molecule has 1 unspecified atom stereocenters. The molecule has 0 N–H and O–H groups in total. The number of hydrogen-bond donors (Lipinski definition) is 0. The predicted molar refractivity (Wildman–Crippen MR) is 87.5 cm³/mol. The summed E-state index contributed by atoms with van der Waals surface area (Å²) >= 11 is 12.8. The minimum Gasteiger partial charge on any atom is -0.496 e. The van der Waals surface area contributed by atoms with Crippen molar-refractivity contribution < 1.29 is 9.13 Å². The number of hydrogen-bond acceptors (Lipinski definition) is 1. The van der Waals surface area contributed by atoms with Gasteiger partial charge in [0.15, 0.2) is 0 Å². The lowest BCUT2D eigenvalue weighted by Crippen LogP contribution is -2.00. The second kappa shape index (κ2) is 6.92. The van der Waals surface area contributed by atoms with E-state index >= 15 is 0 Å². The average molecular weight is 423 g/mol. The van der Waals surface area contributed by atoms with Gasteiger partial charge in [-0.1, -0.05) is 39.7 Å². The maximum Gasteiger partial charge on any atom is 0.141 e. The Morgan fingerprint density at radius 3 is 2.70 bits per heavy atom. The van der Waals surface area contributed by atoms with Gasteiger partial charge in [0, 0.05) is 21.5 Å². The van der Waals surface area contributed by atoms with Gasteiger partial charge < -0.3 is 4.74 Å². The first-order valence-corrected chi connectivity index (χ1v) is 8.01. The van der Waals surface area contributed by atoms with Gasteiger partial charge in [-0.15, -0.1) is 0 Å². The lowest BCUT2D eigenvalue weighted by molar-refractivity contribution is 0.405. The Hall–Kier alpha value is -0.580. The molecule has 0 fully saturated rings. The summed E-state index contributed by atoms with van der Waals surface area (Å²) in [6.45, 7) is 0. The minimum absolute atomic E-state index is 0.00724. The third kappa shape index (κ3) is 3.74. The van der Waals surface area contributed by atoms with E-state index in [1.54, 1.807) is 6.07 Å². The molecular formula is C15H12Br2ClFO. The number of halogens is 4. The molecule has 0 bridgehead atoms. The molecule has 0 amide bonds. The number of alkyl halides is 1. The molecule has 1 nitrogen and oxygen atoms in total. The van der Waals surface area contributed by atoms with Crippen molar-refractivity contribution in [3.05, 3.63) is 62.8 Å². The lowest BCUT2D eigenvalue weighted by Gasteiger charge is -2.15. The smallest absolute Gasteiger partial charge is 0.141 e. The second-order valence-electron chi connectivity index (χ2n) is 4.31. The second-order valence-corrected chi connectivity index (χ2v) is 6.71. The van der Waals surface area contributed by atoms with Gasteiger partial charge in [-0.05, 0) is 46.1 Å². The molecule has 0 spiro atoms. The number of methoxy groups -OCH3 is 1. The van der Waals surface area contributed by atoms with E-state index in [9.17, 15) is 4.39 Å². The first-order chi connectivity index (χ1) is 9.51. The molecule has 0 aromatic heterocycles. The molecule has 0 radical (unpaired) electrons. The molecule has 0 saturated heterocycles. The van der Waals surface area contributed by atoms with Gasteiger partial charge in [-0.2, -0.15) is 0 Å². The topological polar surface area (TPSA) is 9.23 Å². The van der Waals surface area contributed by atoms with Gasteiger partial charge >= 0.3 is 0 Å². The van der Waals surface area contributed by atoms with Gasteiger partial charge in [0.1, 0.15) is 11.6 Å². The van der Waals surface area contributed by atoms with Gasteiger partial charge in [-0.3, -0.25) is 0 Å². The minimum atomic E-state index is -0.340. The van der Waals surface area contributed by atoms with Crippen molar-refractivity contribution in [3.63, 3.8) is 0 Å². The van der Waals surface area contributed by atoms with Crippen molar-refractivity contribution in [3.8, 4) is 5.75 Å². The van der Waals surface area contributed by atoms with E-state index in [2.05, 4.69) is 31.9 Å². The van der Waals surface area contributed by atoms with E-state index in [0.29, 0.717) is 15.2 Å². The van der Waals surface area contributed by atoms with Gasteiger partial charge in [-0.25, -0.2) is 4.39 Å². The lowest BCUT2D eigenvalue weighted by atomic mass is 10.0. The monoisotopic (exact) mass is 420 g/mol. The third-order valence-electron chi connectivity index (χ3n) is 2.91. The average Bonchev–Trinajstić information content (AvgIpc) is 2.41. The molecular weight excluding hydrogens is 410 g/mol. The summed E-state index contributed by atoms with van der Waals surface area (Å²) in [6.07, 6.45) is 0.731. The van der Waals surface area contributed by atoms with Crippen molar-refractivity contribution in [2.24, 2.45) is 0 Å². The van der Waals surface area contributed by atoms with Crippen molar-refractivity contribution in [1.82, 2.24) is 0 Å². The summed E-state index contributed by atoms with van der Waals surface area (Å²) in [4.78, 5) is 0.00724. The molecule has 106 valence electrons. The Kier molecular flexibility index (Phi) is 5.47.